The summed E-state index contributed by atoms with van der Waals surface area (Å²) in [5.41, 5.74) is 18.9. The van der Waals surface area contributed by atoms with Crippen LogP contribution in [0.15, 0.2) is 152 Å². The molecule has 0 bridgehead atoms. The summed E-state index contributed by atoms with van der Waals surface area (Å²) in [6.07, 6.45) is 16.1. The van der Waals surface area contributed by atoms with Crippen molar-refractivity contribution in [2.24, 2.45) is 0 Å². The Morgan fingerprint density at radius 3 is 1.08 bits per heavy atom. The van der Waals surface area contributed by atoms with E-state index in [2.05, 4.69) is 34.4 Å². The van der Waals surface area contributed by atoms with Crippen LogP contribution in [0.4, 0.5) is 13.2 Å². The topological polar surface area (TPSA) is 147 Å². The van der Waals surface area contributed by atoms with Crippen molar-refractivity contribution in [2.75, 3.05) is 26.2 Å². The number of hydrogen-bond acceptors (Lipinski definition) is 8. The zero-order valence-corrected chi connectivity index (χ0v) is 67.2. The molecular weight excluding hydrogens is 1590 g/mol. The minimum atomic E-state index is -4.42. The fourth-order valence-corrected chi connectivity index (χ4v) is 17.7. The molecule has 5 heterocycles. The molecule has 3 amide bonds. The first-order valence-corrected chi connectivity index (χ1v) is 41.0. The number of carbonyl (C=O) groups excluding carboxylic acids is 3. The van der Waals surface area contributed by atoms with Gasteiger partial charge in [-0.05, 0) is 228 Å². The molecule has 26 heteroatoms. The average Bonchev–Trinajstić information content (AvgIpc) is 1.63. The van der Waals surface area contributed by atoms with Crippen molar-refractivity contribution in [2.45, 2.75) is 165 Å². The first kappa shape index (κ1) is 80.9. The van der Waals surface area contributed by atoms with Crippen LogP contribution in [0.25, 0.3) is 17.1 Å². The van der Waals surface area contributed by atoms with Gasteiger partial charge in [-0.15, -0.1) is 0 Å². The van der Waals surface area contributed by atoms with Gasteiger partial charge in [0.25, 0.3) is 17.7 Å². The van der Waals surface area contributed by atoms with E-state index >= 15 is 0 Å². The van der Waals surface area contributed by atoms with Crippen LogP contribution < -0.4 is 16.2 Å². The van der Waals surface area contributed by atoms with E-state index in [-0.39, 0.29) is 41.8 Å². The number of halogens is 12. The molecule has 0 saturated carbocycles. The van der Waals surface area contributed by atoms with Crippen LogP contribution in [-0.4, -0.2) is 83.3 Å². The fraction of sp³-hybridized carbons (Fsp3) is 0.357. The molecule has 2 fully saturated rings. The van der Waals surface area contributed by atoms with E-state index in [0.717, 1.165) is 215 Å². The molecule has 110 heavy (non-hydrogen) atoms. The minimum Gasteiger partial charge on any atom is -0.347 e. The van der Waals surface area contributed by atoms with Crippen molar-refractivity contribution in [1.29, 1.82) is 0 Å². The van der Waals surface area contributed by atoms with Gasteiger partial charge in [0.05, 0.1) is 54.8 Å². The van der Waals surface area contributed by atoms with E-state index in [0.29, 0.717) is 64.2 Å². The summed E-state index contributed by atoms with van der Waals surface area (Å²) >= 11 is 57.0. The predicted octanol–water partition coefficient (Wildman–Crippen LogP) is 22.9. The number of amides is 3. The third-order valence-corrected chi connectivity index (χ3v) is 23.5. The summed E-state index contributed by atoms with van der Waals surface area (Å²) in [5.74, 6) is -0.234. The molecule has 3 aromatic heterocycles. The molecule has 0 radical (unpaired) electrons. The summed E-state index contributed by atoms with van der Waals surface area (Å²) in [6, 6.07) is 44.5. The Hall–Kier alpha value is -7.10. The lowest BCUT2D eigenvalue weighted by atomic mass is 9.91. The Labute approximate surface area is 684 Å². The van der Waals surface area contributed by atoms with Crippen LogP contribution in [-0.2, 0) is 51.2 Å². The van der Waals surface area contributed by atoms with E-state index in [4.69, 9.17) is 120 Å². The third-order valence-electron chi connectivity index (χ3n) is 21.1. The third kappa shape index (κ3) is 20.1. The van der Waals surface area contributed by atoms with Gasteiger partial charge >= 0.3 is 6.18 Å². The van der Waals surface area contributed by atoms with E-state index in [1.807, 2.05) is 98.2 Å². The highest BCUT2D eigenvalue weighted by molar-refractivity contribution is 6.37. The van der Waals surface area contributed by atoms with Crippen molar-refractivity contribution in [3.63, 3.8) is 0 Å². The maximum absolute atomic E-state index is 13.5. The van der Waals surface area contributed by atoms with Crippen LogP contribution in [0, 0.1) is 0 Å². The average molecular weight is 1670 g/mol. The minimum absolute atomic E-state index is 0.0640. The molecule has 15 rings (SSSR count). The normalized spacial score (nSPS) is 17.5. The van der Waals surface area contributed by atoms with Gasteiger partial charge in [0.1, 0.15) is 0 Å². The molecule has 2 saturated heterocycles. The molecule has 14 nitrogen and oxygen atoms in total. The molecule has 10 aromatic rings. The Kier molecular flexibility index (Phi) is 27.4. The smallest absolute Gasteiger partial charge is 0.347 e. The number of fused-ring (bicyclic) bond motifs is 3. The van der Waals surface area contributed by atoms with Gasteiger partial charge in [0, 0.05) is 97.3 Å². The highest BCUT2D eigenvalue weighted by Gasteiger charge is 2.37. The molecule has 3 aliphatic carbocycles. The SMILES string of the molecule is O=C(NCc1ccc(C(F)(F)F)cc1)c1nn(-c2ccc(Cl)cc2Cl)c2c1CCCCC2Cc1ccc(Cl)cc1.O=C(NN1CCCCC1)c1nn(-c2ccc(Cl)cc2Cl)c2c1CCCCC2Cc1ccc(Cl)cc1.O=C(NN1CCCCC1)c1nn(-c2ccc(Cl)cc2Cl)c2c1CCCCC2Cc1cccc(Cl)c1. The van der Waals surface area contributed by atoms with Crippen molar-refractivity contribution in [3.05, 3.63) is 276 Å². The summed E-state index contributed by atoms with van der Waals surface area (Å²) in [4.78, 5) is 40.5. The molecule has 3 N–H and O–H groups in total. The Morgan fingerprint density at radius 2 is 0.718 bits per heavy atom. The van der Waals surface area contributed by atoms with Crippen molar-refractivity contribution < 1.29 is 27.6 Å². The maximum Gasteiger partial charge on any atom is 0.416 e. The number of piperidine rings is 2. The van der Waals surface area contributed by atoms with Crippen LogP contribution >= 0.6 is 104 Å². The first-order chi connectivity index (χ1) is 53.1. The molecule has 3 atom stereocenters. The number of aromatic nitrogens is 6. The molecular formula is C84H83Cl9F3N11O3. The van der Waals surface area contributed by atoms with Crippen LogP contribution in [0.3, 0.4) is 0 Å². The quantitative estimate of drug-likeness (QED) is 0.0811. The van der Waals surface area contributed by atoms with E-state index < -0.39 is 17.6 Å². The van der Waals surface area contributed by atoms with Gasteiger partial charge in [-0.3, -0.25) is 25.2 Å². The van der Waals surface area contributed by atoms with Gasteiger partial charge in [-0.25, -0.2) is 24.1 Å². The standard InChI is InChI=1S/C30H25Cl3F3N3O.2C27H29Cl3N4O/c31-22-11-7-18(8-12-22)15-20-3-1-2-4-24-27(38-39(28(20)24)26-14-13-23(32)16-25(26)33)29(40)37-17-19-5-9-21(10-6-19)30(34,35)36;28-20-9-6-7-18(16-20)15-19-8-2-3-10-22-25(27(35)32-33-13-4-1-5-14-33)31-34(26(19)22)24-12-11-21(29)17-23(24)30;28-20-10-8-18(9-11-20)16-19-6-2-3-7-22-25(27(35)32-33-14-4-1-5-15-33)31-34(26(19)22)24-13-12-21(29)17-23(24)30/h5-14,16,20H,1-4,15,17H2,(H,37,40);6-7,9,11-12,16-17,19H,1-5,8,10,13-15H2,(H,32,35);8-13,17,19H,1-7,14-16H2,(H,32,35). The predicted molar refractivity (Wildman–Crippen MR) is 436 cm³/mol. The molecule has 576 valence electrons. The largest absolute Gasteiger partial charge is 0.416 e. The van der Waals surface area contributed by atoms with Crippen LogP contribution in [0.5, 0.6) is 0 Å². The summed E-state index contributed by atoms with van der Waals surface area (Å²) in [6.45, 7) is 3.55. The van der Waals surface area contributed by atoms with Gasteiger partial charge in [0.2, 0.25) is 0 Å². The lowest BCUT2D eigenvalue weighted by Gasteiger charge is -2.26. The number of hydrazine groups is 2. The number of hydrogen-bond donors (Lipinski definition) is 3. The zero-order chi connectivity index (χ0) is 77.2. The second-order valence-electron chi connectivity index (χ2n) is 28.8. The number of carbonyl (C=O) groups is 3. The van der Waals surface area contributed by atoms with Crippen LogP contribution in [0.1, 0.15) is 207 Å². The molecule has 7 aromatic carbocycles. The summed E-state index contributed by atoms with van der Waals surface area (Å²) in [5, 5.41) is 26.6. The van der Waals surface area contributed by atoms with Crippen molar-refractivity contribution in [1.82, 2.24) is 55.5 Å². The van der Waals surface area contributed by atoms with E-state index in [1.165, 1.54) is 36.1 Å². The maximum atomic E-state index is 13.5. The molecule has 0 spiro atoms. The highest BCUT2D eigenvalue weighted by Crippen LogP contribution is 2.43. The monoisotopic (exact) mass is 1670 g/mol. The fourth-order valence-electron chi connectivity index (χ4n) is 15.8. The Balaban J connectivity index is 0.000000145. The summed E-state index contributed by atoms with van der Waals surface area (Å²) < 4.78 is 44.3. The lowest BCUT2D eigenvalue weighted by Crippen LogP contribution is -2.45. The van der Waals surface area contributed by atoms with Crippen LogP contribution in [0.2, 0.25) is 45.2 Å². The number of nitrogens with zero attached hydrogens (tertiary/aromatic N) is 8. The molecule has 2 aliphatic heterocycles. The highest BCUT2D eigenvalue weighted by atomic mass is 35.5. The van der Waals surface area contributed by atoms with E-state index in [1.54, 1.807) is 35.0 Å². The van der Waals surface area contributed by atoms with Gasteiger partial charge in [0.15, 0.2) is 17.1 Å². The molecule has 5 aliphatic rings. The summed E-state index contributed by atoms with van der Waals surface area (Å²) in [7, 11) is 0. The second kappa shape index (κ2) is 37.2. The zero-order valence-electron chi connectivity index (χ0n) is 60.4. The number of benzene rings is 7. The first-order valence-electron chi connectivity index (χ1n) is 37.6. The van der Waals surface area contributed by atoms with Gasteiger partial charge < -0.3 is 5.32 Å². The van der Waals surface area contributed by atoms with Crippen molar-refractivity contribution >= 4 is 122 Å². The van der Waals surface area contributed by atoms with E-state index in [9.17, 15) is 27.6 Å². The lowest BCUT2D eigenvalue weighted by molar-refractivity contribution is -0.137. The second-order valence-corrected chi connectivity index (χ2v) is 32.7. The number of nitrogens with one attached hydrogen (secondary N) is 3. The number of alkyl halides is 3. The van der Waals surface area contributed by atoms with Gasteiger partial charge in [-0.2, -0.15) is 28.5 Å². The Bertz CT molecular complexity index is 4900. The molecule has 3 unspecified atom stereocenters. The Morgan fingerprint density at radius 1 is 0.373 bits per heavy atom. The number of rotatable bonds is 16. The van der Waals surface area contributed by atoms with Gasteiger partial charge in [-0.1, -0.05) is 185 Å². The van der Waals surface area contributed by atoms with Crippen molar-refractivity contribution in [3.8, 4) is 17.1 Å².